The van der Waals surface area contributed by atoms with E-state index >= 15 is 0 Å². The molecular formula is C16H18N2O2. The molecule has 1 aliphatic heterocycles. The normalized spacial score (nSPS) is 20.1. The Morgan fingerprint density at radius 3 is 2.90 bits per heavy atom. The average molecular weight is 270 g/mol. The summed E-state index contributed by atoms with van der Waals surface area (Å²) >= 11 is 0. The van der Waals surface area contributed by atoms with Gasteiger partial charge in [-0.2, -0.15) is 0 Å². The molecule has 0 radical (unpaired) electrons. The lowest BCUT2D eigenvalue weighted by Crippen LogP contribution is -2.54. The molecule has 0 amide bonds. The third-order valence-electron chi connectivity index (χ3n) is 3.89. The Morgan fingerprint density at radius 2 is 2.05 bits per heavy atom. The first-order valence-electron chi connectivity index (χ1n) is 6.90. The Morgan fingerprint density at radius 1 is 1.25 bits per heavy atom. The minimum atomic E-state index is -0.752. The Bertz CT molecular complexity index is 621. The second-order valence-corrected chi connectivity index (χ2v) is 5.17. The Balaban J connectivity index is 1.90. The highest BCUT2D eigenvalue weighted by molar-refractivity contribution is 5.85. The van der Waals surface area contributed by atoms with Crippen LogP contribution in [0.5, 0.6) is 0 Å². The first-order chi connectivity index (χ1) is 9.75. The molecule has 4 nitrogen and oxygen atoms in total. The Hall–Kier alpha value is -1.91. The number of carboxylic acid groups (broad SMARTS) is 1. The number of carbonyl (C=O) groups is 1. The summed E-state index contributed by atoms with van der Waals surface area (Å²) in [6.45, 7) is 2.80. The van der Waals surface area contributed by atoms with E-state index in [-0.39, 0.29) is 0 Å². The number of hydrogen-bond acceptors (Lipinski definition) is 3. The fraction of sp³-hybridized carbons (Fsp3) is 0.312. The second-order valence-electron chi connectivity index (χ2n) is 5.17. The number of nitrogens with one attached hydrogen (secondary N) is 1. The van der Waals surface area contributed by atoms with Crippen LogP contribution in [0.1, 0.15) is 5.56 Å². The quantitative estimate of drug-likeness (QED) is 0.891. The lowest BCUT2D eigenvalue weighted by atomic mass is 10.0. The van der Waals surface area contributed by atoms with Crippen LogP contribution in [0.2, 0.25) is 0 Å². The molecule has 0 saturated carbocycles. The fourth-order valence-electron chi connectivity index (χ4n) is 2.83. The number of fused-ring (bicyclic) bond motifs is 1. The van der Waals surface area contributed by atoms with Crippen LogP contribution in [0.3, 0.4) is 0 Å². The van der Waals surface area contributed by atoms with Gasteiger partial charge in [0.1, 0.15) is 6.04 Å². The van der Waals surface area contributed by atoms with Crippen molar-refractivity contribution >= 4 is 16.7 Å². The van der Waals surface area contributed by atoms with E-state index in [0.717, 1.165) is 13.1 Å². The molecule has 0 aromatic heterocycles. The van der Waals surface area contributed by atoms with Gasteiger partial charge >= 0.3 is 5.97 Å². The topological polar surface area (TPSA) is 52.6 Å². The fourth-order valence-corrected chi connectivity index (χ4v) is 2.83. The van der Waals surface area contributed by atoms with E-state index in [1.165, 1.54) is 16.3 Å². The summed E-state index contributed by atoms with van der Waals surface area (Å²) in [5.74, 6) is -0.752. The van der Waals surface area contributed by atoms with E-state index in [2.05, 4.69) is 29.6 Å². The van der Waals surface area contributed by atoms with E-state index in [1.54, 1.807) is 0 Å². The molecule has 0 spiro atoms. The van der Waals surface area contributed by atoms with Crippen molar-refractivity contribution in [3.63, 3.8) is 0 Å². The van der Waals surface area contributed by atoms with Crippen LogP contribution in [0.15, 0.2) is 42.5 Å². The van der Waals surface area contributed by atoms with Gasteiger partial charge in [-0.05, 0) is 16.3 Å². The van der Waals surface area contributed by atoms with E-state index in [9.17, 15) is 9.90 Å². The predicted octanol–water partition coefficient (Wildman–Crippen LogP) is 1.70. The maximum atomic E-state index is 11.3. The lowest BCUT2D eigenvalue weighted by Gasteiger charge is -2.33. The molecule has 0 aliphatic carbocycles. The van der Waals surface area contributed by atoms with Gasteiger partial charge in [0.05, 0.1) is 0 Å². The second kappa shape index (κ2) is 5.61. The van der Waals surface area contributed by atoms with Crippen LogP contribution < -0.4 is 5.32 Å². The molecule has 2 N–H and O–H groups in total. The van der Waals surface area contributed by atoms with Gasteiger partial charge in [-0.25, -0.2) is 0 Å². The highest BCUT2D eigenvalue weighted by Gasteiger charge is 2.28. The van der Waals surface area contributed by atoms with Crippen molar-refractivity contribution in [3.8, 4) is 0 Å². The first kappa shape index (κ1) is 13.1. The number of carboxylic acids is 1. The Kier molecular flexibility index (Phi) is 3.67. The number of benzene rings is 2. The first-order valence-corrected chi connectivity index (χ1v) is 6.90. The molecular weight excluding hydrogens is 252 g/mol. The molecule has 2 aromatic rings. The summed E-state index contributed by atoms with van der Waals surface area (Å²) in [7, 11) is 0. The molecule has 3 rings (SSSR count). The monoisotopic (exact) mass is 270 g/mol. The molecule has 1 fully saturated rings. The molecule has 4 heteroatoms. The molecule has 1 aliphatic rings. The van der Waals surface area contributed by atoms with Crippen molar-refractivity contribution in [2.75, 3.05) is 19.6 Å². The molecule has 1 unspecified atom stereocenters. The molecule has 1 atom stereocenters. The third kappa shape index (κ3) is 2.53. The maximum absolute atomic E-state index is 11.3. The van der Waals surface area contributed by atoms with Gasteiger partial charge < -0.3 is 10.4 Å². The van der Waals surface area contributed by atoms with Gasteiger partial charge in [0.25, 0.3) is 0 Å². The van der Waals surface area contributed by atoms with E-state index in [4.69, 9.17) is 0 Å². The van der Waals surface area contributed by atoms with Gasteiger partial charge in [-0.3, -0.25) is 9.69 Å². The van der Waals surface area contributed by atoms with Crippen LogP contribution in [-0.2, 0) is 11.3 Å². The zero-order valence-corrected chi connectivity index (χ0v) is 11.2. The lowest BCUT2D eigenvalue weighted by molar-refractivity contribution is -0.144. The number of rotatable bonds is 3. The van der Waals surface area contributed by atoms with Gasteiger partial charge in [0.2, 0.25) is 0 Å². The Labute approximate surface area is 118 Å². The van der Waals surface area contributed by atoms with Crippen molar-refractivity contribution in [3.05, 3.63) is 48.0 Å². The van der Waals surface area contributed by atoms with E-state index in [0.29, 0.717) is 13.1 Å². The van der Waals surface area contributed by atoms with Crippen LogP contribution >= 0.6 is 0 Å². The zero-order valence-electron chi connectivity index (χ0n) is 11.2. The van der Waals surface area contributed by atoms with Crippen molar-refractivity contribution in [2.45, 2.75) is 12.6 Å². The van der Waals surface area contributed by atoms with E-state index < -0.39 is 12.0 Å². The van der Waals surface area contributed by atoms with Gasteiger partial charge in [-0.15, -0.1) is 0 Å². The predicted molar refractivity (Wildman–Crippen MR) is 78.7 cm³/mol. The van der Waals surface area contributed by atoms with Crippen molar-refractivity contribution < 1.29 is 9.90 Å². The number of nitrogens with zero attached hydrogens (tertiary/aromatic N) is 1. The van der Waals surface area contributed by atoms with Crippen molar-refractivity contribution in [2.24, 2.45) is 0 Å². The number of piperazine rings is 1. The summed E-state index contributed by atoms with van der Waals surface area (Å²) < 4.78 is 0. The molecule has 0 bridgehead atoms. The van der Waals surface area contributed by atoms with Crippen LogP contribution in [0, 0.1) is 0 Å². The molecule has 1 heterocycles. The molecule has 104 valence electrons. The summed E-state index contributed by atoms with van der Waals surface area (Å²) in [6, 6.07) is 14.0. The standard InChI is InChI=1S/C16H18N2O2/c19-16(20)15-10-17-8-9-18(15)11-13-6-3-5-12-4-1-2-7-14(12)13/h1-7,15,17H,8-11H2,(H,19,20). The zero-order chi connectivity index (χ0) is 13.9. The summed E-state index contributed by atoms with van der Waals surface area (Å²) in [6.07, 6.45) is 0. The minimum absolute atomic E-state index is 0.442. The van der Waals surface area contributed by atoms with Gasteiger partial charge in [0.15, 0.2) is 0 Å². The highest BCUT2D eigenvalue weighted by Crippen LogP contribution is 2.21. The molecule has 1 saturated heterocycles. The smallest absolute Gasteiger partial charge is 0.322 e. The third-order valence-corrected chi connectivity index (χ3v) is 3.89. The van der Waals surface area contributed by atoms with Crippen LogP contribution in [-0.4, -0.2) is 41.7 Å². The summed E-state index contributed by atoms with van der Waals surface area (Å²) in [5, 5.41) is 14.9. The van der Waals surface area contributed by atoms with Crippen LogP contribution in [0.25, 0.3) is 10.8 Å². The van der Waals surface area contributed by atoms with Crippen molar-refractivity contribution in [1.82, 2.24) is 10.2 Å². The largest absolute Gasteiger partial charge is 0.480 e. The number of aliphatic carboxylic acids is 1. The molecule has 2 aromatic carbocycles. The van der Waals surface area contributed by atoms with Crippen molar-refractivity contribution in [1.29, 1.82) is 0 Å². The van der Waals surface area contributed by atoms with Gasteiger partial charge in [-0.1, -0.05) is 42.5 Å². The highest BCUT2D eigenvalue weighted by atomic mass is 16.4. The maximum Gasteiger partial charge on any atom is 0.322 e. The molecule has 20 heavy (non-hydrogen) atoms. The van der Waals surface area contributed by atoms with E-state index in [1.807, 2.05) is 23.1 Å². The average Bonchev–Trinajstić information content (AvgIpc) is 2.48. The SMILES string of the molecule is O=C(O)C1CNCCN1Cc1cccc2ccccc12. The summed E-state index contributed by atoms with van der Waals surface area (Å²) in [5.41, 5.74) is 1.19. The van der Waals surface area contributed by atoms with Crippen LogP contribution in [0.4, 0.5) is 0 Å². The minimum Gasteiger partial charge on any atom is -0.480 e. The summed E-state index contributed by atoms with van der Waals surface area (Å²) in [4.78, 5) is 13.4. The van der Waals surface area contributed by atoms with Gasteiger partial charge in [0, 0.05) is 26.2 Å². The number of hydrogen-bond donors (Lipinski definition) is 2.